The Kier molecular flexibility index (Phi) is 4.74. The minimum absolute atomic E-state index is 0.256. The van der Waals surface area contributed by atoms with E-state index in [0.717, 1.165) is 5.56 Å². The molecule has 2 N–H and O–H groups in total. The van der Waals surface area contributed by atoms with Gasteiger partial charge in [0.05, 0.1) is 0 Å². The Bertz CT molecular complexity index is 553. The van der Waals surface area contributed by atoms with Crippen LogP contribution < -0.4 is 10.5 Å². The van der Waals surface area contributed by atoms with Crippen LogP contribution >= 0.6 is 0 Å². The van der Waals surface area contributed by atoms with Crippen LogP contribution in [0.1, 0.15) is 30.6 Å². The SMILES string of the molecule is CCC(N)C(Oc1ccc(C)cc1)c1ccccc1F. The van der Waals surface area contributed by atoms with Gasteiger partial charge in [-0.1, -0.05) is 42.8 Å². The molecular weight excluding hydrogens is 253 g/mol. The molecule has 2 unspecified atom stereocenters. The van der Waals surface area contributed by atoms with Gasteiger partial charge in [-0.3, -0.25) is 0 Å². The number of benzene rings is 2. The van der Waals surface area contributed by atoms with Crippen molar-refractivity contribution in [3.8, 4) is 5.75 Å². The third-order valence-corrected chi connectivity index (χ3v) is 3.36. The summed E-state index contributed by atoms with van der Waals surface area (Å²) in [5.74, 6) is 0.418. The number of hydrogen-bond acceptors (Lipinski definition) is 2. The third-order valence-electron chi connectivity index (χ3n) is 3.36. The molecule has 0 fully saturated rings. The fourth-order valence-corrected chi connectivity index (χ4v) is 2.06. The number of hydrogen-bond donors (Lipinski definition) is 1. The van der Waals surface area contributed by atoms with Gasteiger partial charge in [0, 0.05) is 11.6 Å². The van der Waals surface area contributed by atoms with Crippen molar-refractivity contribution in [3.05, 3.63) is 65.5 Å². The smallest absolute Gasteiger partial charge is 0.142 e. The van der Waals surface area contributed by atoms with Gasteiger partial charge in [-0.2, -0.15) is 0 Å². The van der Waals surface area contributed by atoms with Gasteiger partial charge in [0.15, 0.2) is 0 Å². The molecule has 0 saturated carbocycles. The van der Waals surface area contributed by atoms with E-state index in [0.29, 0.717) is 17.7 Å². The molecule has 3 heteroatoms. The van der Waals surface area contributed by atoms with Crippen LogP contribution in [0.25, 0.3) is 0 Å². The largest absolute Gasteiger partial charge is 0.484 e. The summed E-state index contributed by atoms with van der Waals surface area (Å²) in [6.07, 6.45) is 0.231. The summed E-state index contributed by atoms with van der Waals surface area (Å²) >= 11 is 0. The lowest BCUT2D eigenvalue weighted by molar-refractivity contribution is 0.166. The molecule has 0 heterocycles. The van der Waals surface area contributed by atoms with E-state index in [1.807, 2.05) is 38.1 Å². The Morgan fingerprint density at radius 3 is 2.35 bits per heavy atom. The molecule has 0 radical (unpaired) electrons. The Hall–Kier alpha value is -1.87. The predicted octanol–water partition coefficient (Wildman–Crippen LogP) is 3.99. The molecule has 106 valence electrons. The fourth-order valence-electron chi connectivity index (χ4n) is 2.06. The highest BCUT2D eigenvalue weighted by Gasteiger charge is 2.23. The average molecular weight is 273 g/mol. The van der Waals surface area contributed by atoms with E-state index in [2.05, 4.69) is 0 Å². The van der Waals surface area contributed by atoms with Crippen LogP contribution in [-0.2, 0) is 0 Å². The molecule has 0 aliphatic heterocycles. The van der Waals surface area contributed by atoms with Crippen LogP contribution in [0.4, 0.5) is 4.39 Å². The summed E-state index contributed by atoms with van der Waals surface area (Å²) in [7, 11) is 0. The molecule has 2 aromatic carbocycles. The number of halogens is 1. The first-order chi connectivity index (χ1) is 9.61. The molecule has 20 heavy (non-hydrogen) atoms. The van der Waals surface area contributed by atoms with E-state index in [1.165, 1.54) is 6.07 Å². The molecule has 0 aromatic heterocycles. The zero-order valence-corrected chi connectivity index (χ0v) is 11.8. The molecule has 0 aliphatic carbocycles. The van der Waals surface area contributed by atoms with Crippen molar-refractivity contribution >= 4 is 0 Å². The minimum atomic E-state index is -0.482. The Labute approximate surface area is 119 Å². The second-order valence-corrected chi connectivity index (χ2v) is 4.95. The van der Waals surface area contributed by atoms with E-state index in [1.54, 1.807) is 18.2 Å². The van der Waals surface area contributed by atoms with Gasteiger partial charge in [0.1, 0.15) is 17.7 Å². The maximum Gasteiger partial charge on any atom is 0.142 e. The van der Waals surface area contributed by atoms with E-state index >= 15 is 0 Å². The molecule has 0 amide bonds. The van der Waals surface area contributed by atoms with E-state index in [-0.39, 0.29) is 11.9 Å². The highest BCUT2D eigenvalue weighted by Crippen LogP contribution is 2.27. The van der Waals surface area contributed by atoms with Gasteiger partial charge in [-0.25, -0.2) is 4.39 Å². The summed E-state index contributed by atoms with van der Waals surface area (Å²) < 4.78 is 19.9. The Morgan fingerprint density at radius 1 is 1.10 bits per heavy atom. The minimum Gasteiger partial charge on any atom is -0.484 e. The highest BCUT2D eigenvalue weighted by atomic mass is 19.1. The second-order valence-electron chi connectivity index (χ2n) is 4.95. The van der Waals surface area contributed by atoms with Gasteiger partial charge in [0.2, 0.25) is 0 Å². The fraction of sp³-hybridized carbons (Fsp3) is 0.294. The van der Waals surface area contributed by atoms with Gasteiger partial charge in [0.25, 0.3) is 0 Å². The third kappa shape index (κ3) is 3.36. The molecule has 0 spiro atoms. The molecule has 0 aliphatic rings. The van der Waals surface area contributed by atoms with Crippen molar-refractivity contribution in [1.29, 1.82) is 0 Å². The maximum atomic E-state index is 14.0. The normalized spacial score (nSPS) is 13.8. The Morgan fingerprint density at radius 2 is 1.75 bits per heavy atom. The van der Waals surface area contributed by atoms with Crippen molar-refractivity contribution in [2.24, 2.45) is 5.73 Å². The first-order valence-electron chi connectivity index (χ1n) is 6.85. The predicted molar refractivity (Wildman–Crippen MR) is 79.2 cm³/mol. The van der Waals surface area contributed by atoms with Crippen LogP contribution in [0.2, 0.25) is 0 Å². The topological polar surface area (TPSA) is 35.2 Å². The lowest BCUT2D eigenvalue weighted by Crippen LogP contribution is -2.32. The summed E-state index contributed by atoms with van der Waals surface area (Å²) in [6.45, 7) is 3.98. The summed E-state index contributed by atoms with van der Waals surface area (Å²) in [5, 5.41) is 0. The molecule has 2 nitrogen and oxygen atoms in total. The molecular formula is C17H20FNO. The van der Waals surface area contributed by atoms with Crippen LogP contribution in [0, 0.1) is 12.7 Å². The van der Waals surface area contributed by atoms with Crippen molar-refractivity contribution in [1.82, 2.24) is 0 Å². The quantitative estimate of drug-likeness (QED) is 0.894. The molecule has 2 atom stereocenters. The zero-order valence-electron chi connectivity index (χ0n) is 11.8. The lowest BCUT2D eigenvalue weighted by atomic mass is 10.00. The number of ether oxygens (including phenoxy) is 1. The van der Waals surface area contributed by atoms with E-state index in [9.17, 15) is 4.39 Å². The van der Waals surface area contributed by atoms with Crippen LogP contribution in [0.15, 0.2) is 48.5 Å². The number of aryl methyl sites for hydroxylation is 1. The Balaban J connectivity index is 2.29. The molecule has 2 aromatic rings. The molecule has 0 saturated heterocycles. The average Bonchev–Trinajstić information content (AvgIpc) is 2.47. The van der Waals surface area contributed by atoms with Crippen LogP contribution in [0.3, 0.4) is 0 Å². The van der Waals surface area contributed by atoms with E-state index in [4.69, 9.17) is 10.5 Å². The summed E-state index contributed by atoms with van der Waals surface area (Å²) in [5.41, 5.74) is 7.76. The van der Waals surface area contributed by atoms with Gasteiger partial charge in [-0.05, 0) is 31.5 Å². The highest BCUT2D eigenvalue weighted by molar-refractivity contribution is 5.29. The summed E-state index contributed by atoms with van der Waals surface area (Å²) in [6, 6.07) is 14.1. The molecule has 2 rings (SSSR count). The number of nitrogens with two attached hydrogens (primary N) is 1. The van der Waals surface area contributed by atoms with Gasteiger partial charge >= 0.3 is 0 Å². The lowest BCUT2D eigenvalue weighted by Gasteiger charge is -2.25. The zero-order chi connectivity index (χ0) is 14.5. The van der Waals surface area contributed by atoms with Crippen LogP contribution in [-0.4, -0.2) is 6.04 Å². The van der Waals surface area contributed by atoms with Crippen molar-refractivity contribution in [2.75, 3.05) is 0 Å². The first-order valence-corrected chi connectivity index (χ1v) is 6.85. The first kappa shape index (κ1) is 14.5. The van der Waals surface area contributed by atoms with Crippen molar-refractivity contribution < 1.29 is 9.13 Å². The standard InChI is InChI=1S/C17H20FNO/c1-3-16(19)17(14-6-4-5-7-15(14)18)20-13-10-8-12(2)9-11-13/h4-11,16-17H,3,19H2,1-2H3. The van der Waals surface area contributed by atoms with Crippen molar-refractivity contribution in [3.63, 3.8) is 0 Å². The maximum absolute atomic E-state index is 14.0. The van der Waals surface area contributed by atoms with Gasteiger partial charge in [-0.15, -0.1) is 0 Å². The van der Waals surface area contributed by atoms with Crippen LogP contribution in [0.5, 0.6) is 5.75 Å². The summed E-state index contributed by atoms with van der Waals surface area (Å²) in [4.78, 5) is 0. The van der Waals surface area contributed by atoms with E-state index < -0.39 is 6.10 Å². The molecule has 0 bridgehead atoms. The second kappa shape index (κ2) is 6.53. The number of rotatable bonds is 5. The monoisotopic (exact) mass is 273 g/mol. The van der Waals surface area contributed by atoms with Crippen molar-refractivity contribution in [2.45, 2.75) is 32.4 Å². The van der Waals surface area contributed by atoms with Gasteiger partial charge < -0.3 is 10.5 Å².